The van der Waals surface area contributed by atoms with Gasteiger partial charge in [-0.1, -0.05) is 18.2 Å². The number of hydrogen-bond acceptors (Lipinski definition) is 2. The lowest BCUT2D eigenvalue weighted by Gasteiger charge is -2.06. The summed E-state index contributed by atoms with van der Waals surface area (Å²) in [7, 11) is 0. The van der Waals surface area contributed by atoms with Crippen molar-refractivity contribution in [2.75, 3.05) is 0 Å². The van der Waals surface area contributed by atoms with Crippen molar-refractivity contribution in [3.05, 3.63) is 41.6 Å². The molecule has 0 radical (unpaired) electrons. The number of aryl methyl sites for hydroxylation is 2. The maximum Gasteiger partial charge on any atom is 0.120 e. The van der Waals surface area contributed by atoms with Crippen LogP contribution in [0, 0.1) is 6.92 Å². The predicted octanol–water partition coefficient (Wildman–Crippen LogP) is 3.06. The van der Waals surface area contributed by atoms with Crippen molar-refractivity contribution in [2.24, 2.45) is 0 Å². The lowest BCUT2D eigenvalue weighted by Crippen LogP contribution is -1.93. The Kier molecular flexibility index (Phi) is 3.30. The van der Waals surface area contributed by atoms with Crippen LogP contribution in [0.3, 0.4) is 0 Å². The number of fused-ring (bicyclic) bond motifs is 1. The Morgan fingerprint density at radius 1 is 1.31 bits per heavy atom. The summed E-state index contributed by atoms with van der Waals surface area (Å²) in [5, 5.41) is 1.21. The second-order valence-corrected chi connectivity index (χ2v) is 4.00. The largest absolute Gasteiger partial charge is 0.303 e. The number of aldehydes is 1. The predicted molar refractivity (Wildman–Crippen MR) is 65.5 cm³/mol. The van der Waals surface area contributed by atoms with Gasteiger partial charge >= 0.3 is 0 Å². The molecule has 1 heterocycles. The van der Waals surface area contributed by atoms with Gasteiger partial charge in [-0.05, 0) is 37.5 Å². The van der Waals surface area contributed by atoms with Gasteiger partial charge in [0.1, 0.15) is 6.29 Å². The first kappa shape index (κ1) is 10.8. The van der Waals surface area contributed by atoms with Crippen molar-refractivity contribution in [3.8, 4) is 0 Å². The zero-order valence-corrected chi connectivity index (χ0v) is 9.44. The van der Waals surface area contributed by atoms with Gasteiger partial charge in [0.2, 0.25) is 0 Å². The Balaban J connectivity index is 2.38. The van der Waals surface area contributed by atoms with E-state index in [1.165, 1.54) is 10.9 Å². The number of hydrogen-bond donors (Lipinski definition) is 0. The highest BCUT2D eigenvalue weighted by molar-refractivity contribution is 5.82. The van der Waals surface area contributed by atoms with Crippen LogP contribution in [0.15, 0.2) is 30.3 Å². The second-order valence-electron chi connectivity index (χ2n) is 4.00. The highest BCUT2D eigenvalue weighted by atomic mass is 16.1. The zero-order chi connectivity index (χ0) is 11.4. The van der Waals surface area contributed by atoms with E-state index < -0.39 is 0 Å². The topological polar surface area (TPSA) is 30.0 Å². The van der Waals surface area contributed by atoms with E-state index in [4.69, 9.17) is 0 Å². The smallest absolute Gasteiger partial charge is 0.120 e. The fourth-order valence-electron chi connectivity index (χ4n) is 1.98. The number of nitrogens with zero attached hydrogens (tertiary/aromatic N) is 1. The molecule has 2 rings (SSSR count). The molecule has 0 spiro atoms. The minimum absolute atomic E-state index is 0.635. The average molecular weight is 213 g/mol. The Labute approximate surface area is 95.3 Å². The SMILES string of the molecule is Cc1cc(CCCC=O)c2ccccc2n1. The lowest BCUT2D eigenvalue weighted by molar-refractivity contribution is -0.107. The number of para-hydroxylation sites is 1. The fraction of sp³-hybridized carbons (Fsp3) is 0.286. The first-order valence-corrected chi connectivity index (χ1v) is 5.60. The van der Waals surface area contributed by atoms with E-state index in [2.05, 4.69) is 17.1 Å². The molecular formula is C14H15NO. The van der Waals surface area contributed by atoms with E-state index >= 15 is 0 Å². The normalized spacial score (nSPS) is 10.6. The number of aromatic nitrogens is 1. The molecule has 0 amide bonds. The van der Waals surface area contributed by atoms with Crippen molar-refractivity contribution < 1.29 is 4.79 Å². The molecule has 1 aromatic heterocycles. The van der Waals surface area contributed by atoms with Crippen LogP contribution in [-0.4, -0.2) is 11.3 Å². The zero-order valence-electron chi connectivity index (χ0n) is 9.44. The number of pyridine rings is 1. The molecule has 2 nitrogen and oxygen atoms in total. The molecule has 0 unspecified atom stereocenters. The van der Waals surface area contributed by atoms with Gasteiger partial charge in [-0.3, -0.25) is 4.98 Å². The van der Waals surface area contributed by atoms with E-state index in [0.29, 0.717) is 6.42 Å². The molecule has 0 N–H and O–H groups in total. The van der Waals surface area contributed by atoms with Crippen LogP contribution >= 0.6 is 0 Å². The summed E-state index contributed by atoms with van der Waals surface area (Å²) in [5.74, 6) is 0. The minimum Gasteiger partial charge on any atom is -0.303 e. The third kappa shape index (κ3) is 2.27. The van der Waals surface area contributed by atoms with Gasteiger partial charge < -0.3 is 4.79 Å². The summed E-state index contributed by atoms with van der Waals surface area (Å²) >= 11 is 0. The van der Waals surface area contributed by atoms with Gasteiger partial charge in [0.05, 0.1) is 5.52 Å². The third-order valence-electron chi connectivity index (χ3n) is 2.70. The van der Waals surface area contributed by atoms with Crippen LogP contribution in [0.4, 0.5) is 0 Å². The maximum atomic E-state index is 10.3. The van der Waals surface area contributed by atoms with Crippen LogP contribution in [0.5, 0.6) is 0 Å². The van der Waals surface area contributed by atoms with Gasteiger partial charge in [0.25, 0.3) is 0 Å². The van der Waals surface area contributed by atoms with Crippen molar-refractivity contribution in [2.45, 2.75) is 26.2 Å². The molecule has 16 heavy (non-hydrogen) atoms. The molecule has 0 aliphatic rings. The molecule has 0 saturated carbocycles. The van der Waals surface area contributed by atoms with Crippen LogP contribution in [-0.2, 0) is 11.2 Å². The van der Waals surface area contributed by atoms with E-state index in [1.807, 2.05) is 25.1 Å². The molecule has 1 aromatic carbocycles. The minimum atomic E-state index is 0.635. The van der Waals surface area contributed by atoms with E-state index in [1.54, 1.807) is 0 Å². The average Bonchev–Trinajstić information content (AvgIpc) is 2.29. The molecular weight excluding hydrogens is 198 g/mol. The van der Waals surface area contributed by atoms with E-state index in [-0.39, 0.29) is 0 Å². The Bertz CT molecular complexity index is 505. The highest BCUT2D eigenvalue weighted by Crippen LogP contribution is 2.19. The van der Waals surface area contributed by atoms with E-state index in [0.717, 1.165) is 30.3 Å². The number of rotatable bonds is 4. The number of carbonyl (C=O) groups is 1. The molecule has 2 aromatic rings. The van der Waals surface area contributed by atoms with Crippen LogP contribution < -0.4 is 0 Å². The molecule has 82 valence electrons. The van der Waals surface area contributed by atoms with Crippen molar-refractivity contribution in [1.29, 1.82) is 0 Å². The molecule has 2 heteroatoms. The summed E-state index contributed by atoms with van der Waals surface area (Å²) in [6.07, 6.45) is 3.48. The molecule has 0 aliphatic carbocycles. The van der Waals surface area contributed by atoms with Crippen molar-refractivity contribution in [1.82, 2.24) is 4.98 Å². The molecule has 0 atom stereocenters. The standard InChI is InChI=1S/C14H15NO/c1-11-10-12(6-4-5-9-16)13-7-2-3-8-14(13)15-11/h2-3,7-10H,4-6H2,1H3. The molecule has 0 fully saturated rings. The van der Waals surface area contributed by atoms with Gasteiger partial charge in [0, 0.05) is 17.5 Å². The maximum absolute atomic E-state index is 10.3. The van der Waals surface area contributed by atoms with Gasteiger partial charge in [-0.2, -0.15) is 0 Å². The van der Waals surface area contributed by atoms with Crippen molar-refractivity contribution >= 4 is 17.2 Å². The Morgan fingerprint density at radius 3 is 2.94 bits per heavy atom. The molecule has 0 aliphatic heterocycles. The number of benzene rings is 1. The third-order valence-corrected chi connectivity index (χ3v) is 2.70. The number of carbonyl (C=O) groups excluding carboxylic acids is 1. The molecule has 0 bridgehead atoms. The van der Waals surface area contributed by atoms with Gasteiger partial charge in [-0.15, -0.1) is 0 Å². The van der Waals surface area contributed by atoms with Gasteiger partial charge in [-0.25, -0.2) is 0 Å². The quantitative estimate of drug-likeness (QED) is 0.577. The van der Waals surface area contributed by atoms with Crippen molar-refractivity contribution in [3.63, 3.8) is 0 Å². The summed E-state index contributed by atoms with van der Waals surface area (Å²) in [5.41, 5.74) is 3.38. The summed E-state index contributed by atoms with van der Waals surface area (Å²) in [4.78, 5) is 14.8. The monoisotopic (exact) mass is 213 g/mol. The first-order valence-electron chi connectivity index (χ1n) is 5.60. The van der Waals surface area contributed by atoms with Crippen LogP contribution in [0.25, 0.3) is 10.9 Å². The fourth-order valence-corrected chi connectivity index (χ4v) is 1.98. The van der Waals surface area contributed by atoms with Crippen LogP contribution in [0.1, 0.15) is 24.1 Å². The Hall–Kier alpha value is -1.70. The number of unbranched alkanes of at least 4 members (excludes halogenated alkanes) is 1. The summed E-state index contributed by atoms with van der Waals surface area (Å²) < 4.78 is 0. The highest BCUT2D eigenvalue weighted by Gasteiger charge is 2.02. The summed E-state index contributed by atoms with van der Waals surface area (Å²) in [6.45, 7) is 2.01. The van der Waals surface area contributed by atoms with Crippen LogP contribution in [0.2, 0.25) is 0 Å². The first-order chi connectivity index (χ1) is 7.81. The molecule has 0 saturated heterocycles. The van der Waals surface area contributed by atoms with E-state index in [9.17, 15) is 4.79 Å². The summed E-state index contributed by atoms with van der Waals surface area (Å²) in [6, 6.07) is 10.3. The van der Waals surface area contributed by atoms with Gasteiger partial charge in [0.15, 0.2) is 0 Å². The lowest BCUT2D eigenvalue weighted by atomic mass is 10.0. The Morgan fingerprint density at radius 2 is 2.12 bits per heavy atom. The second kappa shape index (κ2) is 4.88.